The van der Waals surface area contributed by atoms with E-state index in [-0.39, 0.29) is 17.3 Å². The van der Waals surface area contributed by atoms with Crippen LogP contribution in [0.1, 0.15) is 6.92 Å². The molecule has 4 N–H and O–H groups in total. The minimum absolute atomic E-state index is 0.131. The third-order valence-electron chi connectivity index (χ3n) is 2.44. The van der Waals surface area contributed by atoms with Gasteiger partial charge in [0.05, 0.1) is 5.25 Å². The number of carbonyl (C=O) groups excluding carboxylic acids is 1. The zero-order valence-electron chi connectivity index (χ0n) is 10.8. The number of amides is 1. The Balaban J connectivity index is 2.02. The summed E-state index contributed by atoms with van der Waals surface area (Å²) in [4.78, 5) is 29.8. The molecule has 2 aromatic rings. The van der Waals surface area contributed by atoms with Crippen LogP contribution in [-0.2, 0) is 4.79 Å². The second-order valence-corrected chi connectivity index (χ2v) is 5.42. The van der Waals surface area contributed by atoms with Crippen LogP contribution < -0.4 is 16.6 Å². The summed E-state index contributed by atoms with van der Waals surface area (Å²) in [5.74, 6) is -0.0433. The SMILES string of the molecule is C[C@H](Sc1nc(N)cc(=O)[nH]1)C(=O)Nc1ccccc1. The van der Waals surface area contributed by atoms with Crippen LogP contribution in [0.25, 0.3) is 0 Å². The van der Waals surface area contributed by atoms with E-state index < -0.39 is 5.25 Å². The molecule has 0 bridgehead atoms. The van der Waals surface area contributed by atoms with Crippen LogP contribution >= 0.6 is 11.8 Å². The van der Waals surface area contributed by atoms with Crippen molar-refractivity contribution in [3.8, 4) is 0 Å². The van der Waals surface area contributed by atoms with Gasteiger partial charge in [0.15, 0.2) is 5.16 Å². The number of nitrogens with one attached hydrogen (secondary N) is 2. The summed E-state index contributed by atoms with van der Waals surface area (Å²) in [6.07, 6.45) is 0. The molecule has 0 saturated carbocycles. The first-order valence-corrected chi connectivity index (χ1v) is 6.82. The van der Waals surface area contributed by atoms with Crippen molar-refractivity contribution in [2.24, 2.45) is 0 Å². The first kappa shape index (κ1) is 14.1. The van der Waals surface area contributed by atoms with Crippen molar-refractivity contribution in [1.29, 1.82) is 0 Å². The first-order chi connectivity index (χ1) is 9.54. The molecule has 0 aliphatic heterocycles. The Hall–Kier alpha value is -2.28. The zero-order chi connectivity index (χ0) is 14.5. The van der Waals surface area contributed by atoms with Crippen LogP contribution in [0.3, 0.4) is 0 Å². The molecule has 7 heteroatoms. The van der Waals surface area contributed by atoms with E-state index in [1.54, 1.807) is 19.1 Å². The minimum Gasteiger partial charge on any atom is -0.383 e. The van der Waals surface area contributed by atoms with Gasteiger partial charge in [0.1, 0.15) is 5.82 Å². The molecular formula is C13H14N4O2S. The van der Waals surface area contributed by atoms with Crippen LogP contribution in [0.2, 0.25) is 0 Å². The van der Waals surface area contributed by atoms with Gasteiger partial charge in [-0.15, -0.1) is 0 Å². The van der Waals surface area contributed by atoms with Crippen LogP contribution in [0.5, 0.6) is 0 Å². The Bertz CT molecular complexity index is 657. The molecule has 1 amide bonds. The van der Waals surface area contributed by atoms with E-state index >= 15 is 0 Å². The van der Waals surface area contributed by atoms with E-state index in [4.69, 9.17) is 5.73 Å². The molecule has 0 radical (unpaired) electrons. The number of rotatable bonds is 4. The number of aromatic nitrogens is 2. The number of aromatic amines is 1. The summed E-state index contributed by atoms with van der Waals surface area (Å²) < 4.78 is 0. The third-order valence-corrected chi connectivity index (χ3v) is 3.42. The van der Waals surface area contributed by atoms with E-state index in [0.29, 0.717) is 5.16 Å². The van der Waals surface area contributed by atoms with Crippen molar-refractivity contribution < 1.29 is 4.79 Å². The van der Waals surface area contributed by atoms with Gasteiger partial charge in [0.2, 0.25) is 5.91 Å². The van der Waals surface area contributed by atoms with Crippen molar-refractivity contribution in [2.75, 3.05) is 11.1 Å². The number of thioether (sulfide) groups is 1. The highest BCUT2D eigenvalue weighted by molar-refractivity contribution is 8.00. The molecule has 1 aromatic carbocycles. The number of nitrogens with two attached hydrogens (primary N) is 1. The van der Waals surface area contributed by atoms with Crippen molar-refractivity contribution >= 4 is 29.2 Å². The number of nitrogens with zero attached hydrogens (tertiary/aromatic N) is 1. The average Bonchev–Trinajstić information content (AvgIpc) is 2.38. The molecule has 6 nitrogen and oxygen atoms in total. The fraction of sp³-hybridized carbons (Fsp3) is 0.154. The highest BCUT2D eigenvalue weighted by Crippen LogP contribution is 2.20. The Kier molecular flexibility index (Phi) is 4.41. The van der Waals surface area contributed by atoms with Gasteiger partial charge >= 0.3 is 0 Å². The van der Waals surface area contributed by atoms with Gasteiger partial charge in [-0.25, -0.2) is 4.98 Å². The van der Waals surface area contributed by atoms with Gasteiger partial charge in [0, 0.05) is 11.8 Å². The second kappa shape index (κ2) is 6.25. The molecule has 20 heavy (non-hydrogen) atoms. The van der Waals surface area contributed by atoms with Crippen LogP contribution in [0, 0.1) is 0 Å². The number of anilines is 2. The molecule has 1 aromatic heterocycles. The third kappa shape index (κ3) is 3.86. The zero-order valence-corrected chi connectivity index (χ0v) is 11.6. The lowest BCUT2D eigenvalue weighted by molar-refractivity contribution is -0.115. The van der Waals surface area contributed by atoms with Crippen molar-refractivity contribution in [2.45, 2.75) is 17.3 Å². The van der Waals surface area contributed by atoms with E-state index in [0.717, 1.165) is 17.4 Å². The fourth-order valence-corrected chi connectivity index (χ4v) is 2.31. The maximum absolute atomic E-state index is 12.0. The maximum Gasteiger partial charge on any atom is 0.253 e. The Morgan fingerprint density at radius 2 is 2.10 bits per heavy atom. The monoisotopic (exact) mass is 290 g/mol. The van der Waals surface area contributed by atoms with Crippen molar-refractivity contribution in [1.82, 2.24) is 9.97 Å². The maximum atomic E-state index is 12.0. The highest BCUT2D eigenvalue weighted by atomic mass is 32.2. The minimum atomic E-state index is -0.417. The Morgan fingerprint density at radius 1 is 1.40 bits per heavy atom. The van der Waals surface area contributed by atoms with E-state index in [2.05, 4.69) is 15.3 Å². The number of carbonyl (C=O) groups is 1. The number of nitrogen functional groups attached to an aromatic ring is 1. The van der Waals surface area contributed by atoms with E-state index in [9.17, 15) is 9.59 Å². The van der Waals surface area contributed by atoms with Gasteiger partial charge in [-0.2, -0.15) is 0 Å². The lowest BCUT2D eigenvalue weighted by atomic mass is 10.3. The van der Waals surface area contributed by atoms with Gasteiger partial charge in [-0.3, -0.25) is 9.59 Å². The largest absolute Gasteiger partial charge is 0.383 e. The molecule has 0 spiro atoms. The van der Waals surface area contributed by atoms with E-state index in [1.807, 2.05) is 18.2 Å². The van der Waals surface area contributed by atoms with Gasteiger partial charge in [0.25, 0.3) is 5.56 Å². The molecule has 1 heterocycles. The number of hydrogen-bond donors (Lipinski definition) is 3. The first-order valence-electron chi connectivity index (χ1n) is 5.94. The van der Waals surface area contributed by atoms with Crippen LogP contribution in [0.15, 0.2) is 46.3 Å². The topological polar surface area (TPSA) is 101 Å². The van der Waals surface area contributed by atoms with Crippen molar-refractivity contribution in [3.63, 3.8) is 0 Å². The van der Waals surface area contributed by atoms with Crippen molar-refractivity contribution in [3.05, 3.63) is 46.8 Å². The standard InChI is InChI=1S/C13H14N4O2S/c1-8(12(19)15-9-5-3-2-4-6-9)20-13-16-10(14)7-11(18)17-13/h2-8H,1H3,(H,15,19)(H3,14,16,17,18)/t8-/m0/s1. The van der Waals surface area contributed by atoms with Gasteiger partial charge in [-0.1, -0.05) is 30.0 Å². The predicted molar refractivity (Wildman–Crippen MR) is 79.7 cm³/mol. The Labute approximate surface area is 119 Å². The fourth-order valence-electron chi connectivity index (χ4n) is 1.50. The van der Waals surface area contributed by atoms with Gasteiger partial charge in [-0.05, 0) is 19.1 Å². The summed E-state index contributed by atoms with van der Waals surface area (Å²) in [7, 11) is 0. The summed E-state index contributed by atoms with van der Waals surface area (Å²) in [5, 5.41) is 2.69. The lowest BCUT2D eigenvalue weighted by Gasteiger charge is -2.11. The number of hydrogen-bond acceptors (Lipinski definition) is 5. The van der Waals surface area contributed by atoms with Crippen LogP contribution in [-0.4, -0.2) is 21.1 Å². The van der Waals surface area contributed by atoms with Gasteiger partial charge < -0.3 is 16.0 Å². The summed E-state index contributed by atoms with van der Waals surface area (Å²) in [6, 6.07) is 10.3. The molecule has 1 atom stereocenters. The molecule has 0 aliphatic rings. The lowest BCUT2D eigenvalue weighted by Crippen LogP contribution is -2.23. The predicted octanol–water partition coefficient (Wildman–Crippen LogP) is 1.47. The molecule has 0 saturated heterocycles. The normalized spacial score (nSPS) is 11.8. The molecule has 0 aliphatic carbocycles. The highest BCUT2D eigenvalue weighted by Gasteiger charge is 2.16. The van der Waals surface area contributed by atoms with E-state index in [1.165, 1.54) is 6.07 Å². The molecular weight excluding hydrogens is 276 g/mol. The molecule has 0 unspecified atom stereocenters. The quantitative estimate of drug-likeness (QED) is 0.585. The molecule has 2 rings (SSSR count). The van der Waals surface area contributed by atoms with Crippen LogP contribution in [0.4, 0.5) is 11.5 Å². The number of H-pyrrole nitrogens is 1. The summed E-state index contributed by atoms with van der Waals surface area (Å²) >= 11 is 1.14. The number of benzene rings is 1. The molecule has 104 valence electrons. The smallest absolute Gasteiger partial charge is 0.253 e. The Morgan fingerprint density at radius 3 is 2.75 bits per heavy atom. The average molecular weight is 290 g/mol. The summed E-state index contributed by atoms with van der Waals surface area (Å²) in [6.45, 7) is 1.73. The number of para-hydroxylation sites is 1. The summed E-state index contributed by atoms with van der Waals surface area (Å²) in [5.41, 5.74) is 5.87. The molecule has 0 fully saturated rings. The second-order valence-electron chi connectivity index (χ2n) is 4.09.